The average Bonchev–Trinajstić information content (AvgIpc) is 3.12. The number of methoxy groups -OCH3 is 1. The van der Waals surface area contributed by atoms with Crippen LogP contribution in [0.2, 0.25) is 0 Å². The van der Waals surface area contributed by atoms with Crippen molar-refractivity contribution in [1.82, 2.24) is 9.62 Å². The van der Waals surface area contributed by atoms with Crippen LogP contribution >= 0.6 is 0 Å². The van der Waals surface area contributed by atoms with E-state index in [4.69, 9.17) is 4.74 Å². The predicted octanol–water partition coefficient (Wildman–Crippen LogP) is 2.40. The third-order valence-electron chi connectivity index (χ3n) is 4.18. The van der Waals surface area contributed by atoms with Crippen LogP contribution in [0.4, 0.5) is 0 Å². The van der Waals surface area contributed by atoms with Crippen molar-refractivity contribution in [2.75, 3.05) is 26.7 Å². The van der Waals surface area contributed by atoms with Crippen LogP contribution < -0.4 is 9.46 Å². The van der Waals surface area contributed by atoms with Gasteiger partial charge < -0.3 is 9.64 Å². The SMILES string of the molecule is CCCCCNS(=O)(=O)c1ccc(OC)c(C(=O)N2CCCC2)c1. The van der Waals surface area contributed by atoms with Crippen molar-refractivity contribution >= 4 is 15.9 Å². The summed E-state index contributed by atoms with van der Waals surface area (Å²) in [6, 6.07) is 4.44. The van der Waals surface area contributed by atoms with E-state index in [9.17, 15) is 13.2 Å². The number of unbranched alkanes of at least 4 members (excludes halogenated alkanes) is 2. The van der Waals surface area contributed by atoms with Crippen molar-refractivity contribution in [3.8, 4) is 5.75 Å². The molecule has 0 saturated carbocycles. The van der Waals surface area contributed by atoms with Gasteiger partial charge in [0.25, 0.3) is 5.91 Å². The van der Waals surface area contributed by atoms with Crippen LogP contribution in [-0.4, -0.2) is 46.0 Å². The molecular formula is C17H26N2O4S. The second-order valence-corrected chi connectivity index (χ2v) is 7.73. The zero-order valence-electron chi connectivity index (χ0n) is 14.4. The van der Waals surface area contributed by atoms with Gasteiger partial charge in [-0.25, -0.2) is 13.1 Å². The zero-order chi connectivity index (χ0) is 17.6. The number of amides is 1. The van der Waals surface area contributed by atoms with Crippen molar-refractivity contribution in [2.24, 2.45) is 0 Å². The lowest BCUT2D eigenvalue weighted by Crippen LogP contribution is -2.29. The summed E-state index contributed by atoms with van der Waals surface area (Å²) in [4.78, 5) is 14.5. The molecule has 0 bridgehead atoms. The van der Waals surface area contributed by atoms with Crippen molar-refractivity contribution in [1.29, 1.82) is 0 Å². The number of carbonyl (C=O) groups is 1. The molecule has 0 spiro atoms. The molecule has 0 unspecified atom stereocenters. The predicted molar refractivity (Wildman–Crippen MR) is 92.8 cm³/mol. The molecule has 24 heavy (non-hydrogen) atoms. The molecule has 1 heterocycles. The van der Waals surface area contributed by atoms with Gasteiger partial charge in [-0.05, 0) is 37.5 Å². The Morgan fingerprint density at radius 3 is 2.58 bits per heavy atom. The van der Waals surface area contributed by atoms with Gasteiger partial charge in [0.15, 0.2) is 0 Å². The molecule has 2 rings (SSSR count). The van der Waals surface area contributed by atoms with Gasteiger partial charge in [-0.15, -0.1) is 0 Å². The maximum Gasteiger partial charge on any atom is 0.257 e. The standard InChI is InChI=1S/C17H26N2O4S/c1-3-4-5-10-18-24(21,22)14-8-9-16(23-2)15(13-14)17(20)19-11-6-7-12-19/h8-9,13,18H,3-7,10-12H2,1-2H3. The molecule has 7 heteroatoms. The number of nitrogens with one attached hydrogen (secondary N) is 1. The molecule has 1 amide bonds. The first-order chi connectivity index (χ1) is 11.5. The highest BCUT2D eigenvalue weighted by atomic mass is 32.2. The van der Waals surface area contributed by atoms with Crippen LogP contribution in [-0.2, 0) is 10.0 Å². The fourth-order valence-electron chi connectivity index (χ4n) is 2.78. The lowest BCUT2D eigenvalue weighted by molar-refractivity contribution is 0.0789. The summed E-state index contributed by atoms with van der Waals surface area (Å²) >= 11 is 0. The highest BCUT2D eigenvalue weighted by Gasteiger charge is 2.25. The smallest absolute Gasteiger partial charge is 0.257 e. The van der Waals surface area contributed by atoms with Crippen molar-refractivity contribution in [3.05, 3.63) is 23.8 Å². The van der Waals surface area contributed by atoms with E-state index >= 15 is 0 Å². The fourth-order valence-corrected chi connectivity index (χ4v) is 3.88. The Morgan fingerprint density at radius 2 is 1.96 bits per heavy atom. The van der Waals surface area contributed by atoms with Crippen LogP contribution in [0.25, 0.3) is 0 Å². The third kappa shape index (κ3) is 4.48. The Kier molecular flexibility index (Phi) is 6.62. The van der Waals surface area contributed by atoms with Gasteiger partial charge >= 0.3 is 0 Å². The van der Waals surface area contributed by atoms with E-state index < -0.39 is 10.0 Å². The second-order valence-electron chi connectivity index (χ2n) is 5.97. The molecule has 1 aromatic rings. The molecule has 6 nitrogen and oxygen atoms in total. The maximum atomic E-state index is 12.6. The number of likely N-dealkylation sites (tertiary alicyclic amines) is 1. The molecule has 0 atom stereocenters. The molecule has 1 aliphatic heterocycles. The van der Waals surface area contributed by atoms with E-state index in [1.54, 1.807) is 11.0 Å². The number of sulfonamides is 1. The quantitative estimate of drug-likeness (QED) is 0.728. The van der Waals surface area contributed by atoms with Crippen LogP contribution in [0.15, 0.2) is 23.1 Å². The van der Waals surface area contributed by atoms with E-state index in [1.807, 2.05) is 0 Å². The second kappa shape index (κ2) is 8.48. The molecule has 0 aliphatic carbocycles. The van der Waals surface area contributed by atoms with Crippen molar-refractivity contribution in [3.63, 3.8) is 0 Å². The minimum atomic E-state index is -3.62. The molecule has 0 radical (unpaired) electrons. The van der Waals surface area contributed by atoms with Gasteiger partial charge in [-0.1, -0.05) is 19.8 Å². The van der Waals surface area contributed by atoms with Crippen LogP contribution in [0, 0.1) is 0 Å². The lowest BCUT2D eigenvalue weighted by Gasteiger charge is -2.18. The van der Waals surface area contributed by atoms with Gasteiger partial charge in [0.2, 0.25) is 10.0 Å². The Bertz CT molecular complexity index is 667. The van der Waals surface area contributed by atoms with Crippen molar-refractivity contribution < 1.29 is 17.9 Å². The summed E-state index contributed by atoms with van der Waals surface area (Å²) in [7, 11) is -2.14. The first-order valence-electron chi connectivity index (χ1n) is 8.46. The fraction of sp³-hybridized carbons (Fsp3) is 0.588. The largest absolute Gasteiger partial charge is 0.496 e. The number of carbonyl (C=O) groups excluding carboxylic acids is 1. The topological polar surface area (TPSA) is 75.7 Å². The van der Waals surface area contributed by atoms with Crippen LogP contribution in [0.5, 0.6) is 5.75 Å². The van der Waals surface area contributed by atoms with E-state index in [0.717, 1.165) is 32.1 Å². The van der Waals surface area contributed by atoms with Gasteiger partial charge in [0.1, 0.15) is 5.75 Å². The summed E-state index contributed by atoms with van der Waals surface area (Å²) < 4.78 is 32.7. The summed E-state index contributed by atoms with van der Waals surface area (Å²) in [5, 5.41) is 0. The molecular weight excluding hydrogens is 328 g/mol. The van der Waals surface area contributed by atoms with Gasteiger partial charge in [-0.3, -0.25) is 4.79 Å². The normalized spacial score (nSPS) is 14.8. The average molecular weight is 354 g/mol. The summed E-state index contributed by atoms with van der Waals surface area (Å²) in [6.07, 6.45) is 4.75. The first kappa shape index (κ1) is 18.7. The highest BCUT2D eigenvalue weighted by Crippen LogP contribution is 2.25. The Balaban J connectivity index is 2.22. The zero-order valence-corrected chi connectivity index (χ0v) is 15.2. The van der Waals surface area contributed by atoms with Gasteiger partial charge in [-0.2, -0.15) is 0 Å². The van der Waals surface area contributed by atoms with Crippen LogP contribution in [0.1, 0.15) is 49.4 Å². The minimum absolute atomic E-state index is 0.0994. The molecule has 1 aromatic carbocycles. The number of benzene rings is 1. The van der Waals surface area contributed by atoms with Gasteiger partial charge in [0.05, 0.1) is 17.6 Å². The lowest BCUT2D eigenvalue weighted by atomic mass is 10.1. The summed E-state index contributed by atoms with van der Waals surface area (Å²) in [6.45, 7) is 3.87. The van der Waals surface area contributed by atoms with Gasteiger partial charge in [0, 0.05) is 19.6 Å². The van der Waals surface area contributed by atoms with Crippen LogP contribution in [0.3, 0.4) is 0 Å². The third-order valence-corrected chi connectivity index (χ3v) is 5.64. The van der Waals surface area contributed by atoms with E-state index in [1.165, 1.54) is 19.2 Å². The summed E-state index contributed by atoms with van der Waals surface area (Å²) in [5.74, 6) is 0.226. The van der Waals surface area contributed by atoms with E-state index in [2.05, 4.69) is 11.6 Å². The molecule has 0 aromatic heterocycles. The van der Waals surface area contributed by atoms with E-state index in [0.29, 0.717) is 30.9 Å². The number of rotatable bonds is 8. The molecule has 1 aliphatic rings. The Morgan fingerprint density at radius 1 is 1.25 bits per heavy atom. The highest BCUT2D eigenvalue weighted by molar-refractivity contribution is 7.89. The Labute approximate surface area is 144 Å². The van der Waals surface area contributed by atoms with Crippen molar-refractivity contribution in [2.45, 2.75) is 43.9 Å². The molecule has 1 N–H and O–H groups in total. The number of hydrogen-bond donors (Lipinski definition) is 1. The molecule has 1 fully saturated rings. The molecule has 134 valence electrons. The minimum Gasteiger partial charge on any atom is -0.496 e. The molecule has 1 saturated heterocycles. The number of hydrogen-bond acceptors (Lipinski definition) is 4. The Hall–Kier alpha value is -1.60. The first-order valence-corrected chi connectivity index (χ1v) is 9.95. The maximum absolute atomic E-state index is 12.6. The van der Waals surface area contributed by atoms with E-state index in [-0.39, 0.29) is 10.8 Å². The summed E-state index contributed by atoms with van der Waals surface area (Å²) in [5.41, 5.74) is 0.302. The monoisotopic (exact) mass is 354 g/mol. The number of ether oxygens (including phenoxy) is 1. The number of nitrogens with zero attached hydrogens (tertiary/aromatic N) is 1.